The average Bonchev–Trinajstić information content (AvgIpc) is 2.28. The molecule has 1 aliphatic rings. The number of hydrogen-bond donors (Lipinski definition) is 0. The molecule has 0 saturated carbocycles. The number of ether oxygens (including phenoxy) is 1. The van der Waals surface area contributed by atoms with Crippen molar-refractivity contribution in [3.8, 4) is 0 Å². The van der Waals surface area contributed by atoms with Crippen LogP contribution in [0.2, 0.25) is 0 Å². The lowest BCUT2D eigenvalue weighted by molar-refractivity contribution is -0.00693. The molecule has 0 amide bonds. The van der Waals surface area contributed by atoms with Crippen LogP contribution in [0.1, 0.15) is 24.0 Å². The summed E-state index contributed by atoms with van der Waals surface area (Å²) in [6.07, 6.45) is 3.52. The second-order valence-electron chi connectivity index (χ2n) is 3.84. The molecule has 76 valence electrons. The highest BCUT2D eigenvalue weighted by Crippen LogP contribution is 2.39. The molecule has 0 saturated heterocycles. The normalized spacial score (nSPS) is 25.9. The minimum absolute atomic E-state index is 0.0884. The van der Waals surface area contributed by atoms with Crippen molar-refractivity contribution in [3.05, 3.63) is 35.4 Å². The maximum Gasteiger partial charge on any atom is 0.103 e. The van der Waals surface area contributed by atoms with E-state index >= 15 is 0 Å². The van der Waals surface area contributed by atoms with E-state index < -0.39 is 0 Å². The van der Waals surface area contributed by atoms with Gasteiger partial charge in [-0.15, -0.1) is 0 Å². The average molecular weight is 255 g/mol. The lowest BCUT2D eigenvalue weighted by Crippen LogP contribution is -2.34. The summed E-state index contributed by atoms with van der Waals surface area (Å²) in [5.41, 5.74) is 2.72. The second kappa shape index (κ2) is 4.03. The third-order valence-electron chi connectivity index (χ3n) is 3.14. The zero-order valence-corrected chi connectivity index (χ0v) is 10.0. The summed E-state index contributed by atoms with van der Waals surface area (Å²) >= 11 is 3.57. The Hall–Kier alpha value is -0.340. The molecule has 2 heteroatoms. The minimum Gasteiger partial charge on any atom is -0.373 e. The van der Waals surface area contributed by atoms with Gasteiger partial charge in [0.2, 0.25) is 0 Å². The summed E-state index contributed by atoms with van der Waals surface area (Å²) in [6, 6.07) is 8.61. The summed E-state index contributed by atoms with van der Waals surface area (Å²) in [5, 5.41) is 0.882. The lowest BCUT2D eigenvalue weighted by atomic mass is 9.80. The van der Waals surface area contributed by atoms with E-state index in [4.69, 9.17) is 4.74 Å². The highest BCUT2D eigenvalue weighted by molar-refractivity contribution is 9.09. The molecule has 0 bridgehead atoms. The monoisotopic (exact) mass is 254 g/mol. The number of hydrogen-bond acceptors (Lipinski definition) is 1. The Balaban J connectivity index is 2.48. The van der Waals surface area contributed by atoms with Gasteiger partial charge in [0.25, 0.3) is 0 Å². The van der Waals surface area contributed by atoms with Crippen LogP contribution in [0.3, 0.4) is 0 Å². The van der Waals surface area contributed by atoms with Crippen LogP contribution in [0.25, 0.3) is 0 Å². The van der Waals surface area contributed by atoms with Gasteiger partial charge in [-0.25, -0.2) is 0 Å². The van der Waals surface area contributed by atoms with Crippen LogP contribution in [-0.4, -0.2) is 12.4 Å². The van der Waals surface area contributed by atoms with Gasteiger partial charge in [0, 0.05) is 12.4 Å². The van der Waals surface area contributed by atoms with Gasteiger partial charge in [-0.3, -0.25) is 0 Å². The van der Waals surface area contributed by atoms with E-state index in [9.17, 15) is 0 Å². The van der Waals surface area contributed by atoms with Crippen molar-refractivity contribution in [1.29, 1.82) is 0 Å². The van der Waals surface area contributed by atoms with Gasteiger partial charge in [-0.1, -0.05) is 40.2 Å². The number of rotatable bonds is 2. The first-order valence-electron chi connectivity index (χ1n) is 5.02. The zero-order valence-electron chi connectivity index (χ0n) is 8.42. The minimum atomic E-state index is -0.0884. The summed E-state index contributed by atoms with van der Waals surface area (Å²) < 4.78 is 5.71. The van der Waals surface area contributed by atoms with E-state index in [1.54, 1.807) is 0 Å². The zero-order chi connectivity index (χ0) is 10.0. The van der Waals surface area contributed by atoms with Crippen LogP contribution in [0.15, 0.2) is 24.3 Å². The Morgan fingerprint density at radius 3 is 2.93 bits per heavy atom. The first kappa shape index (κ1) is 10.2. The van der Waals surface area contributed by atoms with E-state index in [0.717, 1.165) is 11.8 Å². The van der Waals surface area contributed by atoms with E-state index in [1.807, 2.05) is 7.11 Å². The molecule has 0 aliphatic heterocycles. The lowest BCUT2D eigenvalue weighted by Gasteiger charge is -2.36. The van der Waals surface area contributed by atoms with E-state index in [0.29, 0.717) is 0 Å². The van der Waals surface area contributed by atoms with Crippen molar-refractivity contribution in [2.75, 3.05) is 12.4 Å². The van der Waals surface area contributed by atoms with Crippen LogP contribution in [0, 0.1) is 0 Å². The van der Waals surface area contributed by atoms with Gasteiger partial charge in [-0.05, 0) is 30.4 Å². The fraction of sp³-hybridized carbons (Fsp3) is 0.500. The third-order valence-corrected chi connectivity index (χ3v) is 4.05. The molecule has 1 aliphatic carbocycles. The maximum atomic E-state index is 5.71. The van der Waals surface area contributed by atoms with E-state index in [-0.39, 0.29) is 5.60 Å². The van der Waals surface area contributed by atoms with Gasteiger partial charge < -0.3 is 4.74 Å². The van der Waals surface area contributed by atoms with Crippen molar-refractivity contribution in [1.82, 2.24) is 0 Å². The Bertz CT molecular complexity index is 318. The molecule has 0 radical (unpaired) electrons. The molecule has 0 spiro atoms. The molecule has 0 N–H and O–H groups in total. The quantitative estimate of drug-likeness (QED) is 0.737. The Labute approximate surface area is 93.6 Å². The maximum absolute atomic E-state index is 5.71. The standard InChI is InChI=1S/C12H15BrO/c1-14-12(9-13)8-4-6-10-5-2-3-7-11(10)12/h2-3,5,7H,4,6,8-9H2,1H3. The Kier molecular flexibility index (Phi) is 2.93. The molecule has 0 aromatic heterocycles. The summed E-state index contributed by atoms with van der Waals surface area (Å²) in [6.45, 7) is 0. The predicted molar refractivity (Wildman–Crippen MR) is 61.9 cm³/mol. The number of fused-ring (bicyclic) bond motifs is 1. The highest BCUT2D eigenvalue weighted by atomic mass is 79.9. The SMILES string of the molecule is COC1(CBr)CCCc2ccccc21. The van der Waals surface area contributed by atoms with Crippen molar-refractivity contribution < 1.29 is 4.74 Å². The number of halogens is 1. The highest BCUT2D eigenvalue weighted by Gasteiger charge is 2.35. The number of aryl methyl sites for hydroxylation is 1. The summed E-state index contributed by atoms with van der Waals surface area (Å²) in [7, 11) is 1.81. The van der Waals surface area contributed by atoms with Gasteiger partial charge in [-0.2, -0.15) is 0 Å². The number of alkyl halides is 1. The van der Waals surface area contributed by atoms with Crippen molar-refractivity contribution in [3.63, 3.8) is 0 Å². The predicted octanol–water partition coefficient (Wildman–Crippen LogP) is 3.26. The number of benzene rings is 1. The first-order chi connectivity index (χ1) is 6.82. The summed E-state index contributed by atoms with van der Waals surface area (Å²) in [5.74, 6) is 0. The Morgan fingerprint density at radius 1 is 1.43 bits per heavy atom. The van der Waals surface area contributed by atoms with Crippen LogP contribution in [-0.2, 0) is 16.8 Å². The molecule has 0 heterocycles. The third kappa shape index (κ3) is 1.51. The molecule has 1 unspecified atom stereocenters. The fourth-order valence-corrected chi connectivity index (χ4v) is 3.10. The molecular weight excluding hydrogens is 240 g/mol. The van der Waals surface area contributed by atoms with Gasteiger partial charge in [0.15, 0.2) is 0 Å². The van der Waals surface area contributed by atoms with Crippen LogP contribution >= 0.6 is 15.9 Å². The van der Waals surface area contributed by atoms with E-state index in [1.165, 1.54) is 24.0 Å². The smallest absolute Gasteiger partial charge is 0.103 e. The van der Waals surface area contributed by atoms with E-state index in [2.05, 4.69) is 40.2 Å². The van der Waals surface area contributed by atoms with Gasteiger partial charge in [0.1, 0.15) is 5.60 Å². The van der Waals surface area contributed by atoms with Crippen molar-refractivity contribution in [2.45, 2.75) is 24.9 Å². The molecule has 14 heavy (non-hydrogen) atoms. The first-order valence-corrected chi connectivity index (χ1v) is 6.14. The molecule has 0 fully saturated rings. The molecule has 1 atom stereocenters. The Morgan fingerprint density at radius 2 is 2.21 bits per heavy atom. The topological polar surface area (TPSA) is 9.23 Å². The summed E-state index contributed by atoms with van der Waals surface area (Å²) in [4.78, 5) is 0. The van der Waals surface area contributed by atoms with Crippen LogP contribution in [0.4, 0.5) is 0 Å². The van der Waals surface area contributed by atoms with Crippen LogP contribution < -0.4 is 0 Å². The molecule has 1 aromatic carbocycles. The van der Waals surface area contributed by atoms with Crippen LogP contribution in [0.5, 0.6) is 0 Å². The molecule has 1 nitrogen and oxygen atoms in total. The largest absolute Gasteiger partial charge is 0.373 e. The van der Waals surface area contributed by atoms with Gasteiger partial charge in [0.05, 0.1) is 0 Å². The number of methoxy groups -OCH3 is 1. The molecular formula is C12H15BrO. The van der Waals surface area contributed by atoms with Gasteiger partial charge >= 0.3 is 0 Å². The van der Waals surface area contributed by atoms with Crippen molar-refractivity contribution >= 4 is 15.9 Å². The fourth-order valence-electron chi connectivity index (χ4n) is 2.29. The molecule has 1 aromatic rings. The van der Waals surface area contributed by atoms with Crippen molar-refractivity contribution in [2.24, 2.45) is 0 Å². The molecule has 2 rings (SSSR count). The second-order valence-corrected chi connectivity index (χ2v) is 4.40.